The Morgan fingerprint density at radius 1 is 1.31 bits per heavy atom. The van der Waals surface area contributed by atoms with Gasteiger partial charge in [0.2, 0.25) is 0 Å². The van der Waals surface area contributed by atoms with Crippen molar-refractivity contribution in [3.8, 4) is 0 Å². The SMILES string of the molecule is Cn1cnnc1Sc1ccc(CN2C[C@@H](Cc3cnccn3)[C@H](O)C2)o1. The van der Waals surface area contributed by atoms with Crippen LogP contribution >= 0.6 is 11.8 Å². The second-order valence-corrected chi connectivity index (χ2v) is 7.44. The quantitative estimate of drug-likeness (QED) is 0.694. The molecule has 2 atom stereocenters. The van der Waals surface area contributed by atoms with Gasteiger partial charge in [0.05, 0.1) is 18.3 Å². The Kier molecular flexibility index (Phi) is 5.00. The van der Waals surface area contributed by atoms with Crippen LogP contribution in [0.1, 0.15) is 11.5 Å². The highest BCUT2D eigenvalue weighted by atomic mass is 32.2. The lowest BCUT2D eigenvalue weighted by molar-refractivity contribution is 0.139. The molecule has 26 heavy (non-hydrogen) atoms. The number of hydrogen-bond acceptors (Lipinski definition) is 8. The molecule has 1 N–H and O–H groups in total. The molecule has 0 spiro atoms. The van der Waals surface area contributed by atoms with E-state index in [9.17, 15) is 5.11 Å². The summed E-state index contributed by atoms with van der Waals surface area (Å²) in [5.74, 6) is 1.04. The largest absolute Gasteiger partial charge is 0.453 e. The number of likely N-dealkylation sites (tertiary alicyclic amines) is 1. The summed E-state index contributed by atoms with van der Waals surface area (Å²) >= 11 is 1.44. The molecule has 1 fully saturated rings. The van der Waals surface area contributed by atoms with Crippen LogP contribution in [-0.2, 0) is 20.0 Å². The second-order valence-electron chi connectivity index (χ2n) is 6.47. The van der Waals surface area contributed by atoms with E-state index in [2.05, 4.69) is 25.1 Å². The Labute approximate surface area is 155 Å². The standard InChI is InChI=1S/C17H20N6O2S/c1-22-11-20-21-17(22)26-16-3-2-14(25-16)9-23-8-12(15(24)10-23)6-13-7-18-4-5-19-13/h2-5,7,11-12,15,24H,6,8-10H2,1H3/t12-,15-/m1/s1. The summed E-state index contributed by atoms with van der Waals surface area (Å²) in [4.78, 5) is 10.6. The number of aryl methyl sites for hydroxylation is 1. The van der Waals surface area contributed by atoms with Crippen molar-refractivity contribution in [1.82, 2.24) is 29.6 Å². The zero-order valence-corrected chi connectivity index (χ0v) is 15.2. The molecule has 3 aromatic rings. The van der Waals surface area contributed by atoms with Gasteiger partial charge in [0.15, 0.2) is 10.2 Å². The van der Waals surface area contributed by atoms with Crippen LogP contribution in [0.15, 0.2) is 51.7 Å². The fourth-order valence-electron chi connectivity index (χ4n) is 3.15. The number of aromatic nitrogens is 5. The average Bonchev–Trinajstić information content (AvgIpc) is 3.33. The number of aliphatic hydroxyl groups is 1. The lowest BCUT2D eigenvalue weighted by Gasteiger charge is -2.13. The first kappa shape index (κ1) is 17.2. The maximum atomic E-state index is 10.4. The third-order valence-corrected chi connectivity index (χ3v) is 5.42. The molecule has 0 aromatic carbocycles. The highest BCUT2D eigenvalue weighted by Gasteiger charge is 2.32. The summed E-state index contributed by atoms with van der Waals surface area (Å²) in [7, 11) is 1.90. The van der Waals surface area contributed by atoms with Crippen LogP contribution < -0.4 is 0 Å². The minimum absolute atomic E-state index is 0.161. The Morgan fingerprint density at radius 2 is 2.23 bits per heavy atom. The van der Waals surface area contributed by atoms with E-state index in [-0.39, 0.29) is 12.0 Å². The molecule has 8 nitrogen and oxygen atoms in total. The van der Waals surface area contributed by atoms with Crippen LogP contribution in [0.3, 0.4) is 0 Å². The van der Waals surface area contributed by atoms with Crippen LogP contribution in [0.4, 0.5) is 0 Å². The molecule has 1 aliphatic rings. The van der Waals surface area contributed by atoms with E-state index in [0.29, 0.717) is 13.1 Å². The minimum Gasteiger partial charge on any atom is -0.453 e. The monoisotopic (exact) mass is 372 g/mol. The predicted molar refractivity (Wildman–Crippen MR) is 94.3 cm³/mol. The molecule has 136 valence electrons. The van der Waals surface area contributed by atoms with Crippen LogP contribution in [0.2, 0.25) is 0 Å². The van der Waals surface area contributed by atoms with E-state index in [0.717, 1.165) is 34.7 Å². The summed E-state index contributed by atoms with van der Waals surface area (Å²) in [5, 5.41) is 19.8. The smallest absolute Gasteiger partial charge is 0.198 e. The molecule has 4 heterocycles. The lowest BCUT2D eigenvalue weighted by atomic mass is 10.0. The van der Waals surface area contributed by atoms with Gasteiger partial charge >= 0.3 is 0 Å². The van der Waals surface area contributed by atoms with Gasteiger partial charge in [0.25, 0.3) is 0 Å². The molecule has 0 radical (unpaired) electrons. The summed E-state index contributed by atoms with van der Waals surface area (Å²) in [5.41, 5.74) is 0.916. The number of aliphatic hydroxyl groups excluding tert-OH is 1. The van der Waals surface area contributed by atoms with Gasteiger partial charge in [0, 0.05) is 44.6 Å². The fraction of sp³-hybridized carbons (Fsp3) is 0.412. The summed E-state index contributed by atoms with van der Waals surface area (Å²) in [6.45, 7) is 2.12. The number of rotatable bonds is 6. The molecule has 0 bridgehead atoms. The van der Waals surface area contributed by atoms with Gasteiger partial charge in [-0.15, -0.1) is 10.2 Å². The Hall–Kier alpha value is -2.23. The Bertz CT molecular complexity index is 852. The van der Waals surface area contributed by atoms with Crippen LogP contribution in [0.25, 0.3) is 0 Å². The van der Waals surface area contributed by atoms with Crippen molar-refractivity contribution in [3.63, 3.8) is 0 Å². The molecule has 0 amide bonds. The van der Waals surface area contributed by atoms with E-state index in [1.807, 2.05) is 23.7 Å². The molecule has 0 unspecified atom stereocenters. The normalized spacial score (nSPS) is 20.7. The number of furan rings is 1. The van der Waals surface area contributed by atoms with E-state index in [1.165, 1.54) is 11.8 Å². The number of β-amino-alcohol motifs (C(OH)–C–C–N with tert-alkyl or cyclic N) is 1. The molecule has 9 heteroatoms. The van der Waals surface area contributed by atoms with Crippen LogP contribution in [-0.4, -0.2) is 53.9 Å². The van der Waals surface area contributed by atoms with Gasteiger partial charge < -0.3 is 14.1 Å². The highest BCUT2D eigenvalue weighted by molar-refractivity contribution is 7.99. The van der Waals surface area contributed by atoms with Gasteiger partial charge in [-0.2, -0.15) is 0 Å². The van der Waals surface area contributed by atoms with E-state index >= 15 is 0 Å². The molecular formula is C17H20N6O2S. The van der Waals surface area contributed by atoms with Gasteiger partial charge in [-0.05, 0) is 30.3 Å². The average molecular weight is 372 g/mol. The van der Waals surface area contributed by atoms with Crippen LogP contribution in [0, 0.1) is 5.92 Å². The molecule has 1 aliphatic heterocycles. The molecule has 0 aliphatic carbocycles. The van der Waals surface area contributed by atoms with Crippen molar-refractivity contribution < 1.29 is 9.52 Å². The zero-order valence-electron chi connectivity index (χ0n) is 14.4. The van der Waals surface area contributed by atoms with Crippen molar-refractivity contribution in [1.29, 1.82) is 0 Å². The van der Waals surface area contributed by atoms with Crippen molar-refractivity contribution >= 4 is 11.8 Å². The number of nitrogens with zero attached hydrogens (tertiary/aromatic N) is 6. The Balaban J connectivity index is 1.34. The second kappa shape index (κ2) is 7.56. The maximum absolute atomic E-state index is 10.4. The van der Waals surface area contributed by atoms with Crippen molar-refractivity contribution in [2.75, 3.05) is 13.1 Å². The topological polar surface area (TPSA) is 93.1 Å². The summed E-state index contributed by atoms with van der Waals surface area (Å²) < 4.78 is 7.75. The van der Waals surface area contributed by atoms with Gasteiger partial charge in [-0.3, -0.25) is 14.9 Å². The summed E-state index contributed by atoms with van der Waals surface area (Å²) in [6.07, 6.45) is 7.14. The predicted octanol–water partition coefficient (Wildman–Crippen LogP) is 1.38. The third-order valence-electron chi connectivity index (χ3n) is 4.45. The highest BCUT2D eigenvalue weighted by Crippen LogP contribution is 2.29. The summed E-state index contributed by atoms with van der Waals surface area (Å²) in [6, 6.07) is 3.92. The first-order valence-electron chi connectivity index (χ1n) is 8.43. The van der Waals surface area contributed by atoms with Crippen molar-refractivity contribution in [3.05, 3.63) is 48.5 Å². The zero-order chi connectivity index (χ0) is 17.9. The Morgan fingerprint density at radius 3 is 3.00 bits per heavy atom. The maximum Gasteiger partial charge on any atom is 0.198 e. The third kappa shape index (κ3) is 3.95. The lowest BCUT2D eigenvalue weighted by Crippen LogP contribution is -2.21. The molecule has 4 rings (SSSR count). The van der Waals surface area contributed by atoms with E-state index in [1.54, 1.807) is 24.9 Å². The van der Waals surface area contributed by atoms with Crippen molar-refractivity contribution in [2.45, 2.75) is 29.3 Å². The van der Waals surface area contributed by atoms with E-state index in [4.69, 9.17) is 4.42 Å². The van der Waals surface area contributed by atoms with Gasteiger partial charge in [-0.1, -0.05) is 0 Å². The first-order chi connectivity index (χ1) is 12.7. The fourth-order valence-corrected chi connectivity index (χ4v) is 3.89. The number of hydrogen-bond donors (Lipinski definition) is 1. The first-order valence-corrected chi connectivity index (χ1v) is 9.25. The van der Waals surface area contributed by atoms with Gasteiger partial charge in [0.1, 0.15) is 12.1 Å². The molecule has 1 saturated heterocycles. The molecule has 0 saturated carbocycles. The minimum atomic E-state index is -0.362. The molecular weight excluding hydrogens is 352 g/mol. The molecule has 3 aromatic heterocycles. The van der Waals surface area contributed by atoms with Gasteiger partial charge in [-0.25, -0.2) is 0 Å². The van der Waals surface area contributed by atoms with Crippen molar-refractivity contribution in [2.24, 2.45) is 13.0 Å². The van der Waals surface area contributed by atoms with E-state index < -0.39 is 0 Å². The van der Waals surface area contributed by atoms with Crippen LogP contribution in [0.5, 0.6) is 0 Å².